The van der Waals surface area contributed by atoms with Gasteiger partial charge in [0.2, 0.25) is 0 Å². The summed E-state index contributed by atoms with van der Waals surface area (Å²) in [6, 6.07) is 8.24. The molecule has 0 N–H and O–H groups in total. The lowest BCUT2D eigenvalue weighted by atomic mass is 10.1. The van der Waals surface area contributed by atoms with Crippen molar-refractivity contribution in [3.8, 4) is 0 Å². The quantitative estimate of drug-likeness (QED) is 0.721. The van der Waals surface area contributed by atoms with Crippen LogP contribution in [0.25, 0.3) is 10.9 Å². The lowest BCUT2D eigenvalue weighted by Gasteiger charge is -2.07. The second kappa shape index (κ2) is 4.34. The number of para-hydroxylation sites is 1. The summed E-state index contributed by atoms with van der Waals surface area (Å²) in [7, 11) is 0. The van der Waals surface area contributed by atoms with Crippen molar-refractivity contribution in [1.29, 1.82) is 0 Å². The molecule has 0 amide bonds. The van der Waals surface area contributed by atoms with E-state index < -0.39 is 0 Å². The van der Waals surface area contributed by atoms with E-state index in [-0.39, 0.29) is 10.1 Å². The maximum Gasteiger partial charge on any atom is 0.120 e. The molecule has 1 aliphatic heterocycles. The van der Waals surface area contributed by atoms with Crippen LogP contribution in [0.1, 0.15) is 11.3 Å². The molecule has 1 aromatic carbocycles. The molecule has 1 aromatic heterocycles. The van der Waals surface area contributed by atoms with E-state index in [0.29, 0.717) is 0 Å². The molecule has 88 valence electrons. The van der Waals surface area contributed by atoms with Crippen molar-refractivity contribution < 1.29 is 0 Å². The van der Waals surface area contributed by atoms with Crippen molar-refractivity contribution in [3.05, 3.63) is 35.5 Å². The Balaban J connectivity index is 2.20. The van der Waals surface area contributed by atoms with Gasteiger partial charge in [0.1, 0.15) is 4.84 Å². The number of hydrogen-bond donors (Lipinski definition) is 0. The van der Waals surface area contributed by atoms with Gasteiger partial charge in [0, 0.05) is 21.2 Å². The third-order valence-electron chi connectivity index (χ3n) is 3.10. The molecule has 0 saturated carbocycles. The summed E-state index contributed by atoms with van der Waals surface area (Å²) in [6.45, 7) is 2.06. The third kappa shape index (κ3) is 1.92. The minimum atomic E-state index is -0.328. The molecule has 0 bridgehead atoms. The van der Waals surface area contributed by atoms with Crippen LogP contribution < -0.4 is 0 Å². The van der Waals surface area contributed by atoms with E-state index >= 15 is 0 Å². The molecule has 1 aliphatic rings. The molecular formula is C13H11Cl2NS. The lowest BCUT2D eigenvalue weighted by molar-refractivity contribution is 0.912. The van der Waals surface area contributed by atoms with Crippen LogP contribution in [0.3, 0.4) is 0 Å². The standard InChI is InChI=1S/C13H11Cl2NS/c1-7-9-6-11(13(14)15)17-12(9)8-4-2-3-5-10(8)16-7/h2-5,11,13H,6H2,1H3/t11-/m0/s1. The Morgan fingerprint density at radius 2 is 2.12 bits per heavy atom. The first-order valence-electron chi connectivity index (χ1n) is 5.50. The number of hydrogen-bond acceptors (Lipinski definition) is 2. The fraction of sp³-hybridized carbons (Fsp3) is 0.308. The Morgan fingerprint density at radius 3 is 2.88 bits per heavy atom. The summed E-state index contributed by atoms with van der Waals surface area (Å²) in [5.41, 5.74) is 3.46. The first-order chi connectivity index (χ1) is 8.16. The molecule has 0 aliphatic carbocycles. The van der Waals surface area contributed by atoms with E-state index in [1.807, 2.05) is 12.1 Å². The predicted molar refractivity (Wildman–Crippen MR) is 75.3 cm³/mol. The average Bonchev–Trinajstić information content (AvgIpc) is 2.75. The number of aromatic nitrogens is 1. The molecule has 2 aromatic rings. The summed E-state index contributed by atoms with van der Waals surface area (Å²) in [5, 5.41) is 1.47. The maximum absolute atomic E-state index is 6.00. The van der Waals surface area contributed by atoms with Crippen molar-refractivity contribution in [2.75, 3.05) is 0 Å². The Bertz CT molecular complexity index is 583. The Morgan fingerprint density at radius 1 is 1.35 bits per heavy atom. The predicted octanol–water partition coefficient (Wildman–Crippen LogP) is 4.36. The first-order valence-corrected chi connectivity index (χ1v) is 7.25. The zero-order valence-electron chi connectivity index (χ0n) is 9.28. The van der Waals surface area contributed by atoms with E-state index in [4.69, 9.17) is 23.2 Å². The zero-order valence-corrected chi connectivity index (χ0v) is 11.6. The van der Waals surface area contributed by atoms with Gasteiger partial charge in [-0.2, -0.15) is 0 Å². The van der Waals surface area contributed by atoms with E-state index in [0.717, 1.165) is 17.6 Å². The second-order valence-corrected chi connectivity index (χ2v) is 6.63. The Labute approximate surface area is 115 Å². The SMILES string of the molecule is Cc1nc2ccccc2c2c1C[C@@H](C(Cl)Cl)S2. The van der Waals surface area contributed by atoms with Gasteiger partial charge in [-0.15, -0.1) is 35.0 Å². The van der Waals surface area contributed by atoms with Crippen molar-refractivity contribution in [2.45, 2.75) is 28.3 Å². The molecular weight excluding hydrogens is 273 g/mol. The monoisotopic (exact) mass is 283 g/mol. The third-order valence-corrected chi connectivity index (χ3v) is 5.45. The number of thioether (sulfide) groups is 1. The van der Waals surface area contributed by atoms with E-state index in [1.54, 1.807) is 11.8 Å². The maximum atomic E-state index is 6.00. The van der Waals surface area contributed by atoms with Gasteiger partial charge in [-0.3, -0.25) is 4.98 Å². The summed E-state index contributed by atoms with van der Waals surface area (Å²) < 4.78 is 0. The molecule has 1 nitrogen and oxygen atoms in total. The van der Waals surface area contributed by atoms with Gasteiger partial charge >= 0.3 is 0 Å². The van der Waals surface area contributed by atoms with Gasteiger partial charge in [0.25, 0.3) is 0 Å². The van der Waals surface area contributed by atoms with Gasteiger partial charge in [-0.05, 0) is 25.0 Å². The zero-order chi connectivity index (χ0) is 12.0. The van der Waals surface area contributed by atoms with Crippen LogP contribution in [-0.4, -0.2) is 15.1 Å². The number of fused-ring (bicyclic) bond motifs is 3. The second-order valence-electron chi connectivity index (χ2n) is 4.22. The number of aryl methyl sites for hydroxylation is 1. The highest BCUT2D eigenvalue weighted by molar-refractivity contribution is 8.00. The number of alkyl halides is 2. The van der Waals surface area contributed by atoms with E-state index in [2.05, 4.69) is 24.0 Å². The summed E-state index contributed by atoms with van der Waals surface area (Å²) in [6.07, 6.45) is 0.918. The highest BCUT2D eigenvalue weighted by Crippen LogP contribution is 2.45. The number of nitrogens with zero attached hydrogens (tertiary/aromatic N) is 1. The fourth-order valence-electron chi connectivity index (χ4n) is 2.25. The molecule has 2 heterocycles. The van der Waals surface area contributed by atoms with Gasteiger partial charge in [0.05, 0.1) is 5.52 Å². The van der Waals surface area contributed by atoms with Crippen LogP contribution in [-0.2, 0) is 6.42 Å². The normalized spacial score (nSPS) is 18.9. The molecule has 3 rings (SSSR count). The van der Waals surface area contributed by atoms with Crippen LogP contribution in [0, 0.1) is 6.92 Å². The van der Waals surface area contributed by atoms with Crippen molar-refractivity contribution >= 4 is 45.9 Å². The molecule has 0 radical (unpaired) electrons. The molecule has 0 saturated heterocycles. The molecule has 1 atom stereocenters. The average molecular weight is 284 g/mol. The summed E-state index contributed by atoms with van der Waals surface area (Å²) >= 11 is 13.8. The molecule has 4 heteroatoms. The van der Waals surface area contributed by atoms with Crippen LogP contribution >= 0.6 is 35.0 Å². The molecule has 17 heavy (non-hydrogen) atoms. The summed E-state index contributed by atoms with van der Waals surface area (Å²) in [4.78, 5) is 5.62. The molecule has 0 spiro atoms. The minimum Gasteiger partial charge on any atom is -0.253 e. The Kier molecular flexibility index (Phi) is 2.97. The van der Waals surface area contributed by atoms with Crippen LogP contribution in [0.4, 0.5) is 0 Å². The largest absolute Gasteiger partial charge is 0.253 e. The minimum absolute atomic E-state index is 0.250. The van der Waals surface area contributed by atoms with Gasteiger partial charge in [-0.1, -0.05) is 18.2 Å². The fourth-order valence-corrected chi connectivity index (χ4v) is 4.06. The number of benzene rings is 1. The highest BCUT2D eigenvalue weighted by atomic mass is 35.5. The van der Waals surface area contributed by atoms with Gasteiger partial charge in [-0.25, -0.2) is 0 Å². The first kappa shape index (κ1) is 11.6. The molecule has 0 unspecified atom stereocenters. The van der Waals surface area contributed by atoms with Crippen LogP contribution in [0.5, 0.6) is 0 Å². The Hall–Kier alpha value is -0.440. The van der Waals surface area contributed by atoms with Crippen molar-refractivity contribution in [2.24, 2.45) is 0 Å². The van der Waals surface area contributed by atoms with Crippen LogP contribution in [0.15, 0.2) is 29.2 Å². The van der Waals surface area contributed by atoms with Crippen molar-refractivity contribution in [1.82, 2.24) is 4.98 Å². The van der Waals surface area contributed by atoms with E-state index in [1.165, 1.54) is 15.8 Å². The molecule has 0 fully saturated rings. The smallest absolute Gasteiger partial charge is 0.120 e. The van der Waals surface area contributed by atoms with E-state index in [9.17, 15) is 0 Å². The van der Waals surface area contributed by atoms with Gasteiger partial charge in [0.15, 0.2) is 0 Å². The number of pyridine rings is 1. The number of rotatable bonds is 1. The van der Waals surface area contributed by atoms with Gasteiger partial charge < -0.3 is 0 Å². The van der Waals surface area contributed by atoms with Crippen molar-refractivity contribution in [3.63, 3.8) is 0 Å². The summed E-state index contributed by atoms with van der Waals surface area (Å²) in [5.74, 6) is 0. The number of halogens is 2. The van der Waals surface area contributed by atoms with Crippen LogP contribution in [0.2, 0.25) is 0 Å². The highest BCUT2D eigenvalue weighted by Gasteiger charge is 2.30. The lowest BCUT2D eigenvalue weighted by Crippen LogP contribution is -2.10. The topological polar surface area (TPSA) is 12.9 Å².